The zero-order valence-corrected chi connectivity index (χ0v) is 11.2. The Morgan fingerprint density at radius 2 is 2.16 bits per heavy atom. The molecular weight excluding hydrogens is 264 g/mol. The number of hydrogen-bond donors (Lipinski definition) is 1. The van der Waals surface area contributed by atoms with Crippen LogP contribution in [0.2, 0.25) is 5.28 Å². The van der Waals surface area contributed by atoms with Gasteiger partial charge >= 0.3 is 0 Å². The average molecular weight is 275 g/mol. The topological polar surface area (TPSA) is 77.7 Å². The monoisotopic (exact) mass is 274 g/mol. The quantitative estimate of drug-likeness (QED) is 0.865. The van der Waals surface area contributed by atoms with Crippen molar-refractivity contribution in [2.75, 3.05) is 24.3 Å². The Morgan fingerprint density at radius 3 is 2.84 bits per heavy atom. The summed E-state index contributed by atoms with van der Waals surface area (Å²) in [5, 5.41) is 12.2. The summed E-state index contributed by atoms with van der Waals surface area (Å²) < 4.78 is 0. The van der Waals surface area contributed by atoms with E-state index in [-0.39, 0.29) is 5.28 Å². The molecule has 0 aromatic carbocycles. The van der Waals surface area contributed by atoms with Gasteiger partial charge in [0, 0.05) is 20.3 Å². The molecule has 0 bridgehead atoms. The second kappa shape index (κ2) is 5.50. The Labute approximate surface area is 115 Å². The van der Waals surface area contributed by atoms with E-state index < -0.39 is 0 Å². The molecule has 96 valence electrons. The number of hydrogen-bond acceptors (Lipinski definition) is 6. The molecule has 0 saturated carbocycles. The minimum Gasteiger partial charge on any atom is -0.361 e. The predicted octanol–water partition coefficient (Wildman–Crippen LogP) is 2.21. The first-order valence-corrected chi connectivity index (χ1v) is 5.81. The molecule has 0 aliphatic heterocycles. The average Bonchev–Trinajstić information content (AvgIpc) is 2.39. The highest BCUT2D eigenvalue weighted by molar-refractivity contribution is 6.28. The lowest BCUT2D eigenvalue weighted by Gasteiger charge is -2.16. The van der Waals surface area contributed by atoms with Crippen LogP contribution in [0.15, 0.2) is 24.5 Å². The molecule has 0 spiro atoms. The van der Waals surface area contributed by atoms with Gasteiger partial charge in [-0.3, -0.25) is 0 Å². The molecule has 7 heteroatoms. The van der Waals surface area contributed by atoms with Crippen LogP contribution < -0.4 is 10.2 Å². The Balaban J connectivity index is 2.42. The molecule has 0 saturated heterocycles. The van der Waals surface area contributed by atoms with Gasteiger partial charge in [-0.15, -0.1) is 0 Å². The van der Waals surface area contributed by atoms with Crippen LogP contribution in [0.1, 0.15) is 5.56 Å². The zero-order valence-electron chi connectivity index (χ0n) is 10.4. The molecule has 2 aromatic heterocycles. The van der Waals surface area contributed by atoms with Gasteiger partial charge in [0.2, 0.25) is 5.28 Å². The number of aromatic nitrogens is 3. The number of nitrogens with zero attached hydrogens (tertiary/aromatic N) is 5. The van der Waals surface area contributed by atoms with Crippen molar-refractivity contribution in [3.05, 3.63) is 35.4 Å². The van der Waals surface area contributed by atoms with E-state index in [9.17, 15) is 0 Å². The summed E-state index contributed by atoms with van der Waals surface area (Å²) in [5.74, 6) is 1.10. The van der Waals surface area contributed by atoms with E-state index in [0.717, 1.165) is 11.5 Å². The first-order chi connectivity index (χ1) is 9.11. The van der Waals surface area contributed by atoms with Crippen molar-refractivity contribution in [3.63, 3.8) is 0 Å². The lowest BCUT2D eigenvalue weighted by molar-refractivity contribution is 1.07. The number of anilines is 3. The maximum Gasteiger partial charge on any atom is 0.224 e. The molecular formula is C12H11ClN6. The Bertz CT molecular complexity index is 634. The van der Waals surface area contributed by atoms with Gasteiger partial charge in [0.25, 0.3) is 0 Å². The molecule has 2 heterocycles. The normalized spacial score (nSPS) is 9.79. The fourth-order valence-corrected chi connectivity index (χ4v) is 1.65. The number of nitriles is 1. The van der Waals surface area contributed by atoms with E-state index >= 15 is 0 Å². The molecule has 0 atom stereocenters. The minimum atomic E-state index is 0.0804. The highest BCUT2D eigenvalue weighted by atomic mass is 35.5. The molecule has 0 fully saturated rings. The van der Waals surface area contributed by atoms with Crippen molar-refractivity contribution in [1.82, 2.24) is 15.0 Å². The highest BCUT2D eigenvalue weighted by Gasteiger charge is 2.10. The van der Waals surface area contributed by atoms with Gasteiger partial charge in [-0.2, -0.15) is 10.2 Å². The van der Waals surface area contributed by atoms with Gasteiger partial charge in [0.1, 0.15) is 11.6 Å². The minimum absolute atomic E-state index is 0.0804. The summed E-state index contributed by atoms with van der Waals surface area (Å²) >= 11 is 5.74. The zero-order chi connectivity index (χ0) is 13.8. The molecule has 2 rings (SSSR count). The lowest BCUT2D eigenvalue weighted by atomic mass is 10.3. The van der Waals surface area contributed by atoms with Gasteiger partial charge in [-0.25, -0.2) is 9.97 Å². The second-order valence-corrected chi connectivity index (χ2v) is 4.25. The van der Waals surface area contributed by atoms with Crippen LogP contribution in [-0.4, -0.2) is 29.0 Å². The molecule has 19 heavy (non-hydrogen) atoms. The van der Waals surface area contributed by atoms with Crippen molar-refractivity contribution in [2.24, 2.45) is 0 Å². The van der Waals surface area contributed by atoms with Crippen molar-refractivity contribution >= 4 is 28.9 Å². The fraction of sp³-hybridized carbons (Fsp3) is 0.167. The maximum atomic E-state index is 9.03. The predicted molar refractivity (Wildman–Crippen MR) is 73.6 cm³/mol. The van der Waals surface area contributed by atoms with E-state index in [4.69, 9.17) is 16.9 Å². The van der Waals surface area contributed by atoms with Gasteiger partial charge in [0.15, 0.2) is 11.6 Å². The molecule has 1 N–H and O–H groups in total. The number of halogens is 1. The molecule has 0 aliphatic carbocycles. The van der Waals surface area contributed by atoms with Gasteiger partial charge in [-0.05, 0) is 23.7 Å². The smallest absolute Gasteiger partial charge is 0.224 e. The summed E-state index contributed by atoms with van der Waals surface area (Å²) in [5.41, 5.74) is 1.05. The summed E-state index contributed by atoms with van der Waals surface area (Å²) in [6.07, 6.45) is 3.07. The van der Waals surface area contributed by atoms with Crippen LogP contribution >= 0.6 is 11.6 Å². The first-order valence-electron chi connectivity index (χ1n) is 5.44. The van der Waals surface area contributed by atoms with Crippen LogP contribution in [0.3, 0.4) is 0 Å². The third-order valence-electron chi connectivity index (χ3n) is 2.34. The third-order valence-corrected chi connectivity index (χ3v) is 2.53. The number of rotatable bonds is 3. The Hall–Kier alpha value is -2.39. The Morgan fingerprint density at radius 1 is 1.37 bits per heavy atom. The van der Waals surface area contributed by atoms with E-state index in [1.807, 2.05) is 31.1 Å². The number of pyridine rings is 1. The molecule has 0 amide bonds. The van der Waals surface area contributed by atoms with E-state index in [1.54, 1.807) is 12.3 Å². The molecule has 0 unspecified atom stereocenters. The third kappa shape index (κ3) is 2.89. The maximum absolute atomic E-state index is 9.03. The van der Waals surface area contributed by atoms with Crippen LogP contribution in [0.25, 0.3) is 0 Å². The van der Waals surface area contributed by atoms with E-state index in [0.29, 0.717) is 11.4 Å². The summed E-state index contributed by atoms with van der Waals surface area (Å²) in [6, 6.07) is 5.65. The summed E-state index contributed by atoms with van der Waals surface area (Å²) in [6.45, 7) is 0. The van der Waals surface area contributed by atoms with Crippen LogP contribution in [0, 0.1) is 11.3 Å². The molecule has 2 aromatic rings. The van der Waals surface area contributed by atoms with Gasteiger partial charge in [-0.1, -0.05) is 0 Å². The first kappa shape index (κ1) is 13.1. The molecule has 0 aliphatic rings. The van der Waals surface area contributed by atoms with Crippen molar-refractivity contribution < 1.29 is 0 Å². The van der Waals surface area contributed by atoms with Gasteiger partial charge < -0.3 is 10.2 Å². The second-order valence-electron chi connectivity index (χ2n) is 3.91. The largest absolute Gasteiger partial charge is 0.361 e. The van der Waals surface area contributed by atoms with Crippen molar-refractivity contribution in [1.29, 1.82) is 5.26 Å². The van der Waals surface area contributed by atoms with Crippen LogP contribution in [0.4, 0.5) is 17.3 Å². The highest BCUT2D eigenvalue weighted by Crippen LogP contribution is 2.25. The summed E-state index contributed by atoms with van der Waals surface area (Å²) in [4.78, 5) is 13.9. The molecule has 0 radical (unpaired) electrons. The van der Waals surface area contributed by atoms with Crippen molar-refractivity contribution in [3.8, 4) is 6.07 Å². The lowest BCUT2D eigenvalue weighted by Crippen LogP contribution is -2.13. The van der Waals surface area contributed by atoms with E-state index in [1.165, 1.54) is 6.20 Å². The number of nitrogens with one attached hydrogen (secondary N) is 1. The Kier molecular flexibility index (Phi) is 3.78. The van der Waals surface area contributed by atoms with Crippen LogP contribution in [-0.2, 0) is 0 Å². The molecule has 6 nitrogen and oxygen atoms in total. The SMILES string of the molecule is CN(C)c1ncccc1Nc1nc(Cl)ncc1C#N. The van der Waals surface area contributed by atoms with E-state index in [2.05, 4.69) is 20.3 Å². The summed E-state index contributed by atoms with van der Waals surface area (Å²) in [7, 11) is 3.76. The van der Waals surface area contributed by atoms with Crippen molar-refractivity contribution in [2.45, 2.75) is 0 Å². The van der Waals surface area contributed by atoms with Crippen LogP contribution in [0.5, 0.6) is 0 Å². The fourth-order valence-electron chi connectivity index (χ4n) is 1.52. The van der Waals surface area contributed by atoms with Gasteiger partial charge in [0.05, 0.1) is 11.9 Å². The standard InChI is InChI=1S/C12H11ClN6/c1-19(2)11-9(4-3-5-15-11)17-10-8(6-14)7-16-12(13)18-10/h3-5,7H,1-2H3,(H,16,17,18).